The number of aryl methyl sites for hydroxylation is 1. The maximum atomic E-state index is 14.3. The zero-order valence-electron chi connectivity index (χ0n) is 21.9. The average Bonchev–Trinajstić information content (AvgIpc) is 3.48. The molecule has 13 heteroatoms. The lowest BCUT2D eigenvalue weighted by atomic mass is 10.0. The first-order valence-electron chi connectivity index (χ1n) is 11.8. The van der Waals surface area contributed by atoms with Crippen molar-refractivity contribution < 1.29 is 18.7 Å². The van der Waals surface area contributed by atoms with Crippen LogP contribution in [0.25, 0.3) is 15.2 Å². The normalized spacial score (nSPS) is 12.8. The summed E-state index contributed by atoms with van der Waals surface area (Å²) in [5, 5.41) is 9.07. The molecule has 0 aliphatic heterocycles. The number of carbonyl (C=O) groups is 1. The van der Waals surface area contributed by atoms with Crippen molar-refractivity contribution in [3.05, 3.63) is 68.4 Å². The number of hydrogen-bond donors (Lipinski definition) is 1. The van der Waals surface area contributed by atoms with Gasteiger partial charge >= 0.3 is 5.69 Å². The third-order valence-electron chi connectivity index (χ3n) is 6.27. The molecule has 38 heavy (non-hydrogen) atoms. The van der Waals surface area contributed by atoms with E-state index in [0.29, 0.717) is 26.7 Å². The molecule has 0 unspecified atom stereocenters. The Balaban J connectivity index is 2.07. The molecule has 0 radical (unpaired) electrons. The van der Waals surface area contributed by atoms with Crippen molar-refractivity contribution in [3.63, 3.8) is 0 Å². The van der Waals surface area contributed by atoms with Crippen LogP contribution in [0.4, 0.5) is 4.39 Å². The van der Waals surface area contributed by atoms with Crippen LogP contribution >= 0.6 is 11.3 Å². The van der Waals surface area contributed by atoms with Gasteiger partial charge in [-0.1, -0.05) is 11.3 Å². The number of fused-ring (bicyclic) bond motifs is 1. The van der Waals surface area contributed by atoms with Gasteiger partial charge < -0.3 is 15.2 Å². The Kier molecular flexibility index (Phi) is 7.26. The SMILES string of the molecule is COc1ccc(F)cc1[C@H](Cn1c(=O)n(C(C)(C)C(N)=O)c(=O)c2c(C)c(-n3nccn3)sc21)OC(C)C. The molecule has 0 aliphatic rings. The van der Waals surface area contributed by atoms with Crippen LogP contribution in [0.15, 0.2) is 40.2 Å². The molecule has 0 spiro atoms. The number of ether oxygens (including phenoxy) is 2. The van der Waals surface area contributed by atoms with Crippen LogP contribution in [0.5, 0.6) is 5.75 Å². The number of nitrogens with zero attached hydrogens (tertiary/aromatic N) is 5. The standard InChI is InChI=1S/C25H29FN6O5S/c1-13(2)37-18(16-11-15(26)7-8-17(16)36-6)12-30-22-19(14(3)21(38-22)32-28-9-10-29-32)20(33)31(24(30)35)25(4,5)23(27)34/h7-11,13,18H,12H2,1-6H3,(H2,27,34)/t18-/m0/s1. The zero-order valence-corrected chi connectivity index (χ0v) is 22.7. The number of nitrogens with two attached hydrogens (primary N) is 1. The number of primary amides is 1. The third kappa shape index (κ3) is 4.63. The highest BCUT2D eigenvalue weighted by Gasteiger charge is 2.35. The summed E-state index contributed by atoms with van der Waals surface area (Å²) in [6, 6.07) is 4.03. The second-order valence-electron chi connectivity index (χ2n) is 9.55. The number of methoxy groups -OCH3 is 1. The van der Waals surface area contributed by atoms with E-state index in [-0.39, 0.29) is 18.0 Å². The van der Waals surface area contributed by atoms with Gasteiger partial charge in [0, 0.05) is 11.1 Å². The molecular formula is C25H29FN6O5S. The summed E-state index contributed by atoms with van der Waals surface area (Å²) in [4.78, 5) is 41.7. The molecule has 0 saturated carbocycles. The number of carbonyl (C=O) groups excluding carboxylic acids is 1. The average molecular weight is 545 g/mol. The van der Waals surface area contributed by atoms with Crippen molar-refractivity contribution in [2.75, 3.05) is 7.11 Å². The summed E-state index contributed by atoms with van der Waals surface area (Å²) in [5.41, 5.74) is 3.45. The Morgan fingerprint density at radius 3 is 2.45 bits per heavy atom. The van der Waals surface area contributed by atoms with E-state index < -0.39 is 34.6 Å². The van der Waals surface area contributed by atoms with Gasteiger partial charge in [-0.15, -0.1) is 4.80 Å². The molecule has 0 saturated heterocycles. The van der Waals surface area contributed by atoms with Gasteiger partial charge in [0.05, 0.1) is 37.5 Å². The van der Waals surface area contributed by atoms with Crippen LogP contribution in [-0.2, 0) is 21.6 Å². The highest BCUT2D eigenvalue weighted by atomic mass is 32.1. The molecule has 0 fully saturated rings. The minimum Gasteiger partial charge on any atom is -0.496 e. The van der Waals surface area contributed by atoms with Gasteiger partial charge in [0.15, 0.2) is 0 Å². The Hall–Kier alpha value is -3.84. The van der Waals surface area contributed by atoms with E-state index in [1.807, 2.05) is 13.8 Å². The second-order valence-corrected chi connectivity index (χ2v) is 10.5. The molecule has 0 bridgehead atoms. The van der Waals surface area contributed by atoms with E-state index in [1.165, 1.54) is 60.9 Å². The van der Waals surface area contributed by atoms with E-state index in [9.17, 15) is 18.8 Å². The van der Waals surface area contributed by atoms with Gasteiger partial charge in [0.25, 0.3) is 5.56 Å². The zero-order chi connectivity index (χ0) is 27.9. The van der Waals surface area contributed by atoms with Crippen molar-refractivity contribution in [1.29, 1.82) is 0 Å². The summed E-state index contributed by atoms with van der Waals surface area (Å²) in [6.07, 6.45) is 1.83. The molecule has 4 rings (SSSR count). The predicted octanol–water partition coefficient (Wildman–Crippen LogP) is 2.65. The van der Waals surface area contributed by atoms with E-state index in [2.05, 4.69) is 10.2 Å². The maximum Gasteiger partial charge on any atom is 0.333 e. The van der Waals surface area contributed by atoms with Crippen LogP contribution < -0.4 is 21.7 Å². The smallest absolute Gasteiger partial charge is 0.333 e. The Labute approximate surface area is 221 Å². The lowest BCUT2D eigenvalue weighted by molar-refractivity contribution is -0.125. The van der Waals surface area contributed by atoms with Gasteiger partial charge in [-0.3, -0.25) is 14.2 Å². The molecule has 11 nitrogen and oxygen atoms in total. The number of thiophene rings is 1. The fraction of sp³-hybridized carbons (Fsp3) is 0.400. The Morgan fingerprint density at radius 1 is 1.21 bits per heavy atom. The van der Waals surface area contributed by atoms with Crippen LogP contribution in [0.1, 0.15) is 44.9 Å². The number of hydrogen-bond acceptors (Lipinski definition) is 8. The number of aromatic nitrogens is 5. The minimum atomic E-state index is -1.65. The highest BCUT2D eigenvalue weighted by molar-refractivity contribution is 7.21. The first kappa shape index (κ1) is 27.2. The highest BCUT2D eigenvalue weighted by Crippen LogP contribution is 2.34. The molecule has 1 amide bonds. The van der Waals surface area contributed by atoms with Gasteiger partial charge in [0.1, 0.15) is 33.0 Å². The predicted molar refractivity (Wildman–Crippen MR) is 140 cm³/mol. The summed E-state index contributed by atoms with van der Waals surface area (Å²) in [7, 11) is 1.45. The largest absolute Gasteiger partial charge is 0.496 e. The lowest BCUT2D eigenvalue weighted by Gasteiger charge is -2.27. The molecule has 3 aromatic heterocycles. The number of benzene rings is 1. The molecule has 1 atom stereocenters. The quantitative estimate of drug-likeness (QED) is 0.342. The summed E-state index contributed by atoms with van der Waals surface area (Å²) >= 11 is 1.14. The summed E-state index contributed by atoms with van der Waals surface area (Å²) in [5.74, 6) is -0.989. The first-order valence-corrected chi connectivity index (χ1v) is 12.6. The second kappa shape index (κ2) is 10.1. The van der Waals surface area contributed by atoms with Crippen LogP contribution in [0.3, 0.4) is 0 Å². The van der Waals surface area contributed by atoms with E-state index in [0.717, 1.165) is 15.9 Å². The monoisotopic (exact) mass is 544 g/mol. The number of halogens is 1. The number of rotatable bonds is 9. The molecule has 4 aromatic rings. The van der Waals surface area contributed by atoms with Crippen LogP contribution in [0, 0.1) is 12.7 Å². The van der Waals surface area contributed by atoms with E-state index in [1.54, 1.807) is 6.92 Å². The van der Waals surface area contributed by atoms with Gasteiger partial charge in [0.2, 0.25) is 5.91 Å². The lowest BCUT2D eigenvalue weighted by Crippen LogP contribution is -2.54. The van der Waals surface area contributed by atoms with Crippen molar-refractivity contribution in [2.24, 2.45) is 5.73 Å². The third-order valence-corrected chi connectivity index (χ3v) is 7.55. The topological polar surface area (TPSA) is 136 Å². The Morgan fingerprint density at radius 2 is 1.87 bits per heavy atom. The molecule has 202 valence electrons. The van der Waals surface area contributed by atoms with E-state index >= 15 is 0 Å². The van der Waals surface area contributed by atoms with Gasteiger partial charge in [-0.05, 0) is 52.8 Å². The molecule has 0 aliphatic carbocycles. The summed E-state index contributed by atoms with van der Waals surface area (Å²) < 4.78 is 28.1. The van der Waals surface area contributed by atoms with Crippen LogP contribution in [-0.4, -0.2) is 43.2 Å². The fourth-order valence-electron chi connectivity index (χ4n) is 4.28. The molecule has 2 N–H and O–H groups in total. The van der Waals surface area contributed by atoms with Gasteiger partial charge in [-0.25, -0.2) is 13.8 Å². The van der Waals surface area contributed by atoms with Gasteiger partial charge in [-0.2, -0.15) is 10.2 Å². The maximum absolute atomic E-state index is 14.3. The fourth-order valence-corrected chi connectivity index (χ4v) is 5.50. The number of amides is 1. The Bertz CT molecular complexity index is 1620. The van der Waals surface area contributed by atoms with E-state index in [4.69, 9.17) is 15.2 Å². The van der Waals surface area contributed by atoms with Crippen molar-refractivity contribution in [3.8, 4) is 10.8 Å². The minimum absolute atomic E-state index is 0.117. The van der Waals surface area contributed by atoms with Crippen molar-refractivity contribution in [1.82, 2.24) is 24.1 Å². The van der Waals surface area contributed by atoms with Crippen molar-refractivity contribution in [2.45, 2.75) is 58.9 Å². The molecular weight excluding hydrogens is 515 g/mol. The molecule has 3 heterocycles. The summed E-state index contributed by atoms with van der Waals surface area (Å²) in [6.45, 7) is 8.03. The van der Waals surface area contributed by atoms with Crippen molar-refractivity contribution >= 4 is 27.5 Å². The van der Waals surface area contributed by atoms with Crippen LogP contribution in [0.2, 0.25) is 0 Å². The molecule has 1 aromatic carbocycles. The first-order chi connectivity index (χ1) is 17.9.